The first-order valence-electron chi connectivity index (χ1n) is 6.52. The van der Waals surface area contributed by atoms with Crippen molar-refractivity contribution < 1.29 is 9.52 Å². The van der Waals surface area contributed by atoms with Gasteiger partial charge in [0.15, 0.2) is 0 Å². The van der Waals surface area contributed by atoms with Crippen molar-refractivity contribution in [2.24, 2.45) is 0 Å². The Bertz CT molecular complexity index is 692. The molecule has 5 heteroatoms. The van der Waals surface area contributed by atoms with Crippen LogP contribution in [0, 0.1) is 0 Å². The highest BCUT2D eigenvalue weighted by atomic mass is 16.3. The summed E-state index contributed by atoms with van der Waals surface area (Å²) in [4.78, 5) is 8.54. The van der Waals surface area contributed by atoms with Gasteiger partial charge in [-0.15, -0.1) is 0 Å². The number of nitrogens with zero attached hydrogens (tertiary/aromatic N) is 2. The Balaban J connectivity index is 1.84. The average Bonchev–Trinajstić information content (AvgIpc) is 2.92. The predicted molar refractivity (Wildman–Crippen MR) is 77.4 cm³/mol. The summed E-state index contributed by atoms with van der Waals surface area (Å²) in [6.45, 7) is 0.816. The van der Waals surface area contributed by atoms with Crippen molar-refractivity contribution in [1.82, 2.24) is 9.97 Å². The van der Waals surface area contributed by atoms with Crippen LogP contribution in [0.25, 0.3) is 22.1 Å². The van der Waals surface area contributed by atoms with Gasteiger partial charge in [0.2, 0.25) is 5.95 Å². The van der Waals surface area contributed by atoms with Crippen LogP contribution in [-0.4, -0.2) is 28.2 Å². The van der Waals surface area contributed by atoms with Crippen molar-refractivity contribution in [1.29, 1.82) is 0 Å². The van der Waals surface area contributed by atoms with Crippen LogP contribution in [0.2, 0.25) is 0 Å². The molecule has 0 amide bonds. The van der Waals surface area contributed by atoms with Crippen molar-refractivity contribution in [3.05, 3.63) is 42.9 Å². The lowest BCUT2D eigenvalue weighted by atomic mass is 10.1. The number of hydrogen-bond donors (Lipinski definition) is 2. The third-order valence-electron chi connectivity index (χ3n) is 3.06. The van der Waals surface area contributed by atoms with E-state index in [1.54, 1.807) is 18.7 Å². The SMILES string of the molecule is OCCCNc1ncc(-c2coc3ccccc23)cn1. The fraction of sp³-hybridized carbons (Fsp3) is 0.200. The molecule has 0 saturated carbocycles. The van der Waals surface area contributed by atoms with Gasteiger partial charge in [-0.2, -0.15) is 0 Å². The van der Waals surface area contributed by atoms with Gasteiger partial charge in [-0.25, -0.2) is 9.97 Å². The van der Waals surface area contributed by atoms with Gasteiger partial charge >= 0.3 is 0 Å². The summed E-state index contributed by atoms with van der Waals surface area (Å²) in [6.07, 6.45) is 5.94. The van der Waals surface area contributed by atoms with Crippen LogP contribution in [0.15, 0.2) is 47.3 Å². The maximum Gasteiger partial charge on any atom is 0.222 e. The van der Waals surface area contributed by atoms with Gasteiger partial charge in [0.25, 0.3) is 0 Å². The number of para-hydroxylation sites is 1. The number of anilines is 1. The molecule has 0 radical (unpaired) electrons. The van der Waals surface area contributed by atoms with Gasteiger partial charge in [-0.05, 0) is 12.5 Å². The molecule has 0 aliphatic rings. The summed E-state index contributed by atoms with van der Waals surface area (Å²) in [5.41, 5.74) is 2.76. The molecule has 102 valence electrons. The molecule has 1 aromatic carbocycles. The Morgan fingerprint density at radius 3 is 2.75 bits per heavy atom. The van der Waals surface area contributed by atoms with Crippen LogP contribution in [-0.2, 0) is 0 Å². The minimum absolute atomic E-state index is 0.159. The normalized spacial score (nSPS) is 10.8. The number of nitrogens with one attached hydrogen (secondary N) is 1. The highest BCUT2D eigenvalue weighted by molar-refractivity contribution is 5.93. The van der Waals surface area contributed by atoms with Crippen LogP contribution >= 0.6 is 0 Å². The molecular formula is C15H15N3O2. The topological polar surface area (TPSA) is 71.2 Å². The maximum absolute atomic E-state index is 8.72. The van der Waals surface area contributed by atoms with E-state index < -0.39 is 0 Å². The Hall–Kier alpha value is -2.40. The van der Waals surface area contributed by atoms with Gasteiger partial charge in [-0.3, -0.25) is 0 Å². The van der Waals surface area contributed by atoms with E-state index in [-0.39, 0.29) is 6.61 Å². The van der Waals surface area contributed by atoms with Crippen LogP contribution in [0.3, 0.4) is 0 Å². The minimum atomic E-state index is 0.159. The monoisotopic (exact) mass is 269 g/mol. The van der Waals surface area contributed by atoms with E-state index in [0.29, 0.717) is 18.9 Å². The fourth-order valence-corrected chi connectivity index (χ4v) is 2.04. The van der Waals surface area contributed by atoms with Gasteiger partial charge in [0.1, 0.15) is 5.58 Å². The molecule has 0 bridgehead atoms. The van der Waals surface area contributed by atoms with Crippen LogP contribution in [0.1, 0.15) is 6.42 Å². The third-order valence-corrected chi connectivity index (χ3v) is 3.06. The molecule has 0 spiro atoms. The van der Waals surface area contributed by atoms with Crippen molar-refractivity contribution >= 4 is 16.9 Å². The molecule has 0 unspecified atom stereocenters. The zero-order valence-electron chi connectivity index (χ0n) is 10.9. The van der Waals surface area contributed by atoms with Gasteiger partial charge in [-0.1, -0.05) is 18.2 Å². The number of aromatic nitrogens is 2. The quantitative estimate of drug-likeness (QED) is 0.697. The predicted octanol–water partition coefficient (Wildman–Crippen LogP) is 2.68. The number of hydrogen-bond acceptors (Lipinski definition) is 5. The number of rotatable bonds is 5. The molecule has 3 rings (SSSR count). The summed E-state index contributed by atoms with van der Waals surface area (Å²) >= 11 is 0. The highest BCUT2D eigenvalue weighted by Gasteiger charge is 2.08. The van der Waals surface area contributed by atoms with Gasteiger partial charge < -0.3 is 14.8 Å². The number of aliphatic hydroxyl groups is 1. The lowest BCUT2D eigenvalue weighted by molar-refractivity contribution is 0.292. The molecule has 5 nitrogen and oxygen atoms in total. The summed E-state index contributed by atoms with van der Waals surface area (Å²) in [7, 11) is 0. The summed E-state index contributed by atoms with van der Waals surface area (Å²) in [5.74, 6) is 0.565. The van der Waals surface area contributed by atoms with Gasteiger partial charge in [0.05, 0.1) is 6.26 Å². The van der Waals surface area contributed by atoms with E-state index in [4.69, 9.17) is 9.52 Å². The first kappa shape index (κ1) is 12.6. The average molecular weight is 269 g/mol. The van der Waals surface area contributed by atoms with E-state index in [0.717, 1.165) is 22.1 Å². The van der Waals surface area contributed by atoms with Crippen LogP contribution in [0.4, 0.5) is 5.95 Å². The lowest BCUT2D eigenvalue weighted by Crippen LogP contribution is -2.06. The van der Waals surface area contributed by atoms with Gasteiger partial charge in [0, 0.05) is 42.1 Å². The van der Waals surface area contributed by atoms with Crippen LogP contribution in [0.5, 0.6) is 0 Å². The number of benzene rings is 1. The van der Waals surface area contributed by atoms with Crippen LogP contribution < -0.4 is 5.32 Å². The number of fused-ring (bicyclic) bond motifs is 1. The maximum atomic E-state index is 8.72. The zero-order chi connectivity index (χ0) is 13.8. The Labute approximate surface area is 116 Å². The molecule has 2 N–H and O–H groups in total. The summed E-state index contributed by atoms with van der Waals surface area (Å²) in [5, 5.41) is 12.8. The van der Waals surface area contributed by atoms with E-state index in [1.165, 1.54) is 0 Å². The molecule has 2 aromatic heterocycles. The molecular weight excluding hydrogens is 254 g/mol. The smallest absolute Gasteiger partial charge is 0.222 e. The van der Waals surface area contributed by atoms with E-state index >= 15 is 0 Å². The first-order chi connectivity index (χ1) is 9.88. The Kier molecular flexibility index (Phi) is 3.60. The standard InChI is InChI=1S/C15H15N3O2/c19-7-3-6-16-15-17-8-11(9-18-15)13-10-20-14-5-2-1-4-12(13)14/h1-2,4-5,8-10,19H,3,6-7H2,(H,16,17,18). The molecule has 0 atom stereocenters. The molecule has 3 aromatic rings. The Morgan fingerprint density at radius 1 is 1.15 bits per heavy atom. The van der Waals surface area contributed by atoms with Crippen molar-refractivity contribution in [2.75, 3.05) is 18.5 Å². The molecule has 0 saturated heterocycles. The molecule has 0 fully saturated rings. The molecule has 0 aliphatic heterocycles. The lowest BCUT2D eigenvalue weighted by Gasteiger charge is -2.03. The van der Waals surface area contributed by atoms with Crippen molar-refractivity contribution in [3.8, 4) is 11.1 Å². The van der Waals surface area contributed by atoms with Crippen molar-refractivity contribution in [2.45, 2.75) is 6.42 Å². The molecule has 0 aliphatic carbocycles. The fourth-order valence-electron chi connectivity index (χ4n) is 2.04. The molecule has 20 heavy (non-hydrogen) atoms. The van der Waals surface area contributed by atoms with E-state index in [9.17, 15) is 0 Å². The van der Waals surface area contributed by atoms with E-state index in [1.807, 2.05) is 24.3 Å². The summed E-state index contributed by atoms with van der Waals surface area (Å²) in [6, 6.07) is 7.87. The highest BCUT2D eigenvalue weighted by Crippen LogP contribution is 2.29. The third kappa shape index (κ3) is 2.48. The summed E-state index contributed by atoms with van der Waals surface area (Å²) < 4.78 is 5.51. The van der Waals surface area contributed by atoms with Crippen molar-refractivity contribution in [3.63, 3.8) is 0 Å². The second kappa shape index (κ2) is 5.71. The number of aliphatic hydroxyl groups excluding tert-OH is 1. The second-order valence-electron chi connectivity index (χ2n) is 4.44. The largest absolute Gasteiger partial charge is 0.464 e. The Morgan fingerprint density at radius 2 is 1.95 bits per heavy atom. The first-order valence-corrected chi connectivity index (χ1v) is 6.52. The molecule has 2 heterocycles. The van der Waals surface area contributed by atoms with E-state index in [2.05, 4.69) is 15.3 Å². The number of furan rings is 1. The zero-order valence-corrected chi connectivity index (χ0v) is 10.9. The minimum Gasteiger partial charge on any atom is -0.464 e. The second-order valence-corrected chi connectivity index (χ2v) is 4.44.